The third-order valence-corrected chi connectivity index (χ3v) is 5.17. The van der Waals surface area contributed by atoms with Crippen molar-refractivity contribution in [1.29, 1.82) is 0 Å². The van der Waals surface area contributed by atoms with Gasteiger partial charge in [0, 0.05) is 45.3 Å². The first-order chi connectivity index (χ1) is 15.0. The highest BCUT2D eigenvalue weighted by molar-refractivity contribution is 8.14. The molecule has 1 unspecified atom stereocenters. The SMILES string of the molecule is CC(=O)NC(CSC(=O)c1cc(-c2ccc(F)cc2F)ccc1OC(C)=O)C(=O)N(C)C. The van der Waals surface area contributed by atoms with Gasteiger partial charge in [0.15, 0.2) is 0 Å². The van der Waals surface area contributed by atoms with Crippen LogP contribution in [-0.4, -0.2) is 53.7 Å². The summed E-state index contributed by atoms with van der Waals surface area (Å²) in [5, 5.41) is 1.93. The minimum atomic E-state index is -0.952. The second-order valence-corrected chi connectivity index (χ2v) is 8.01. The second kappa shape index (κ2) is 10.9. The lowest BCUT2D eigenvalue weighted by molar-refractivity contribution is -0.133. The van der Waals surface area contributed by atoms with E-state index in [1.54, 1.807) is 0 Å². The fourth-order valence-corrected chi connectivity index (χ4v) is 3.65. The van der Waals surface area contributed by atoms with Crippen LogP contribution in [-0.2, 0) is 14.4 Å². The summed E-state index contributed by atoms with van der Waals surface area (Å²) in [5.74, 6) is -3.19. The molecule has 0 spiro atoms. The van der Waals surface area contributed by atoms with Crippen molar-refractivity contribution >= 4 is 34.7 Å². The lowest BCUT2D eigenvalue weighted by atomic mass is 10.0. The number of esters is 1. The van der Waals surface area contributed by atoms with Crippen molar-refractivity contribution in [1.82, 2.24) is 10.2 Å². The van der Waals surface area contributed by atoms with Gasteiger partial charge in [-0.15, -0.1) is 0 Å². The van der Waals surface area contributed by atoms with Crippen LogP contribution in [0.3, 0.4) is 0 Å². The van der Waals surface area contributed by atoms with E-state index in [9.17, 15) is 28.0 Å². The fourth-order valence-electron chi connectivity index (χ4n) is 2.79. The highest BCUT2D eigenvalue weighted by atomic mass is 32.2. The van der Waals surface area contributed by atoms with Crippen LogP contribution in [0.15, 0.2) is 36.4 Å². The smallest absolute Gasteiger partial charge is 0.308 e. The fraction of sp³-hybridized carbons (Fsp3) is 0.273. The van der Waals surface area contributed by atoms with Crippen LogP contribution >= 0.6 is 11.8 Å². The van der Waals surface area contributed by atoms with Crippen LogP contribution in [0.4, 0.5) is 8.78 Å². The van der Waals surface area contributed by atoms with Crippen molar-refractivity contribution < 1.29 is 32.7 Å². The van der Waals surface area contributed by atoms with Crippen molar-refractivity contribution in [3.63, 3.8) is 0 Å². The summed E-state index contributed by atoms with van der Waals surface area (Å²) >= 11 is 0.731. The van der Waals surface area contributed by atoms with E-state index in [0.717, 1.165) is 30.8 Å². The third-order valence-electron chi connectivity index (χ3n) is 4.19. The Morgan fingerprint density at radius 2 is 1.75 bits per heavy atom. The topological polar surface area (TPSA) is 92.8 Å². The molecule has 170 valence electrons. The summed E-state index contributed by atoms with van der Waals surface area (Å²) in [6, 6.07) is 6.18. The van der Waals surface area contributed by atoms with Gasteiger partial charge in [0.2, 0.25) is 16.9 Å². The lowest BCUT2D eigenvalue weighted by Gasteiger charge is -2.20. The number of nitrogens with zero attached hydrogens (tertiary/aromatic N) is 1. The Bertz CT molecular complexity index is 1060. The Labute approximate surface area is 188 Å². The minimum Gasteiger partial charge on any atom is -0.426 e. The first kappa shape index (κ1) is 25.0. The molecule has 7 nitrogen and oxygen atoms in total. The summed E-state index contributed by atoms with van der Waals surface area (Å²) in [5.41, 5.74) is 0.286. The monoisotopic (exact) mass is 464 g/mol. The maximum absolute atomic E-state index is 14.2. The molecule has 0 aliphatic heterocycles. The zero-order chi connectivity index (χ0) is 24.0. The third kappa shape index (κ3) is 6.61. The number of hydrogen-bond acceptors (Lipinski definition) is 6. The Balaban J connectivity index is 2.37. The summed E-state index contributed by atoms with van der Waals surface area (Å²) in [4.78, 5) is 49.4. The summed E-state index contributed by atoms with van der Waals surface area (Å²) in [6.45, 7) is 2.42. The van der Waals surface area contributed by atoms with E-state index in [4.69, 9.17) is 4.74 Å². The molecule has 0 aliphatic rings. The van der Waals surface area contributed by atoms with Gasteiger partial charge in [0.1, 0.15) is 23.4 Å². The number of carbonyl (C=O) groups is 4. The Morgan fingerprint density at radius 3 is 2.31 bits per heavy atom. The van der Waals surface area contributed by atoms with Gasteiger partial charge in [0.25, 0.3) is 0 Å². The zero-order valence-corrected chi connectivity index (χ0v) is 18.7. The maximum Gasteiger partial charge on any atom is 0.308 e. The number of carbonyl (C=O) groups excluding carboxylic acids is 4. The van der Waals surface area contributed by atoms with E-state index in [2.05, 4.69) is 5.32 Å². The normalized spacial score (nSPS) is 11.4. The van der Waals surface area contributed by atoms with E-state index >= 15 is 0 Å². The average molecular weight is 464 g/mol. The van der Waals surface area contributed by atoms with Crippen molar-refractivity contribution in [2.75, 3.05) is 19.8 Å². The molecule has 10 heteroatoms. The molecule has 1 N–H and O–H groups in total. The highest BCUT2D eigenvalue weighted by Crippen LogP contribution is 2.31. The molecule has 2 aromatic carbocycles. The van der Waals surface area contributed by atoms with Crippen LogP contribution in [0, 0.1) is 11.6 Å². The van der Waals surface area contributed by atoms with Crippen LogP contribution in [0.1, 0.15) is 24.2 Å². The molecule has 0 aromatic heterocycles. The van der Waals surface area contributed by atoms with Crippen LogP contribution in [0.5, 0.6) is 5.75 Å². The molecule has 2 rings (SSSR count). The number of nitrogens with one attached hydrogen (secondary N) is 1. The van der Waals surface area contributed by atoms with Gasteiger partial charge in [-0.05, 0) is 29.8 Å². The van der Waals surface area contributed by atoms with Crippen molar-refractivity contribution in [3.8, 4) is 16.9 Å². The van der Waals surface area contributed by atoms with Crippen molar-refractivity contribution in [2.45, 2.75) is 19.9 Å². The number of likely N-dealkylation sites (N-methyl/N-ethyl adjacent to an activating group) is 1. The molecule has 0 saturated carbocycles. The van der Waals surface area contributed by atoms with Gasteiger partial charge in [0.05, 0.1) is 5.56 Å². The van der Waals surface area contributed by atoms with Crippen molar-refractivity contribution in [3.05, 3.63) is 53.6 Å². The molecule has 0 heterocycles. The van der Waals surface area contributed by atoms with Gasteiger partial charge in [-0.3, -0.25) is 19.2 Å². The second-order valence-electron chi connectivity index (χ2n) is 7.01. The Morgan fingerprint density at radius 1 is 1.06 bits per heavy atom. The molecule has 0 aliphatic carbocycles. The average Bonchev–Trinajstić information content (AvgIpc) is 2.70. The first-order valence-corrected chi connectivity index (χ1v) is 10.4. The van der Waals surface area contributed by atoms with Gasteiger partial charge >= 0.3 is 5.97 Å². The van der Waals surface area contributed by atoms with E-state index in [1.165, 1.54) is 50.2 Å². The number of thioether (sulfide) groups is 1. The van der Waals surface area contributed by atoms with E-state index < -0.39 is 40.6 Å². The van der Waals surface area contributed by atoms with Crippen LogP contribution in [0.25, 0.3) is 11.1 Å². The number of hydrogen-bond donors (Lipinski definition) is 1. The number of ether oxygens (including phenoxy) is 1. The van der Waals surface area contributed by atoms with E-state index in [-0.39, 0.29) is 28.2 Å². The first-order valence-electron chi connectivity index (χ1n) is 9.43. The molecular formula is C22H22F2N2O5S. The largest absolute Gasteiger partial charge is 0.426 e. The number of amides is 2. The minimum absolute atomic E-state index is 0.0368. The Kier molecular flexibility index (Phi) is 8.48. The molecule has 2 amide bonds. The molecule has 0 saturated heterocycles. The van der Waals surface area contributed by atoms with Gasteiger partial charge in [-0.1, -0.05) is 17.8 Å². The molecule has 0 radical (unpaired) electrons. The predicted octanol–water partition coefficient (Wildman–Crippen LogP) is 3.02. The standard InChI is InChI=1S/C22H22F2N2O5S/c1-12(27)25-19(21(29)26(3)4)11-32-22(30)17-9-14(5-8-20(17)31-13(2)28)16-7-6-15(23)10-18(16)24/h5-10,19H,11H2,1-4H3,(H,25,27). The molecule has 32 heavy (non-hydrogen) atoms. The van der Waals surface area contributed by atoms with Crippen LogP contribution < -0.4 is 10.1 Å². The zero-order valence-electron chi connectivity index (χ0n) is 17.9. The van der Waals surface area contributed by atoms with Gasteiger partial charge in [-0.25, -0.2) is 8.78 Å². The predicted molar refractivity (Wildman–Crippen MR) is 116 cm³/mol. The maximum atomic E-state index is 14.2. The van der Waals surface area contributed by atoms with Crippen molar-refractivity contribution in [2.24, 2.45) is 0 Å². The number of benzene rings is 2. The molecule has 0 bridgehead atoms. The molecule has 1 atom stereocenters. The lowest BCUT2D eigenvalue weighted by Crippen LogP contribution is -2.47. The van der Waals surface area contributed by atoms with Gasteiger partial charge < -0.3 is 15.0 Å². The molecule has 2 aromatic rings. The Hall–Kier alpha value is -3.27. The quantitative estimate of drug-likeness (QED) is 0.500. The molecular weight excluding hydrogens is 442 g/mol. The van der Waals surface area contributed by atoms with Crippen LogP contribution in [0.2, 0.25) is 0 Å². The van der Waals surface area contributed by atoms with E-state index in [0.29, 0.717) is 0 Å². The number of rotatable bonds is 7. The summed E-state index contributed by atoms with van der Waals surface area (Å²) in [7, 11) is 3.03. The summed E-state index contributed by atoms with van der Waals surface area (Å²) < 4.78 is 32.6. The summed E-state index contributed by atoms with van der Waals surface area (Å²) in [6.07, 6.45) is 0. The van der Waals surface area contributed by atoms with E-state index in [1.807, 2.05) is 0 Å². The molecule has 0 fully saturated rings. The van der Waals surface area contributed by atoms with Gasteiger partial charge in [-0.2, -0.15) is 0 Å². The number of halogens is 2. The highest BCUT2D eigenvalue weighted by Gasteiger charge is 2.24.